The number of hydrogen-bond donors (Lipinski definition) is 2. The summed E-state index contributed by atoms with van der Waals surface area (Å²) in [6.07, 6.45) is 2.38. The Morgan fingerprint density at radius 2 is 1.94 bits per heavy atom. The van der Waals surface area contributed by atoms with Gasteiger partial charge in [0.05, 0.1) is 16.6 Å². The van der Waals surface area contributed by atoms with Crippen molar-refractivity contribution in [3.8, 4) is 0 Å². The van der Waals surface area contributed by atoms with Crippen LogP contribution in [0.1, 0.15) is 12.8 Å². The number of benzene rings is 1. The Hall–Kier alpha value is -1.00. The van der Waals surface area contributed by atoms with Crippen LogP contribution in [0.3, 0.4) is 0 Å². The summed E-state index contributed by atoms with van der Waals surface area (Å²) in [5.74, 6) is -0.107. The van der Waals surface area contributed by atoms with E-state index in [4.69, 9.17) is 23.2 Å². The molecule has 0 unspecified atom stereocenters. The Labute approximate surface area is 115 Å². The first-order chi connectivity index (χ1) is 8.56. The minimum atomic E-state index is -0.651. The maximum absolute atomic E-state index is 13.2. The number of anilines is 1. The maximum Gasteiger partial charge on any atom is 0.239 e. The van der Waals surface area contributed by atoms with E-state index in [9.17, 15) is 9.18 Å². The van der Waals surface area contributed by atoms with E-state index in [1.165, 1.54) is 25.0 Å². The Morgan fingerprint density at radius 3 is 2.50 bits per heavy atom. The molecule has 0 radical (unpaired) electrons. The van der Waals surface area contributed by atoms with Gasteiger partial charge in [-0.05, 0) is 30.9 Å². The van der Waals surface area contributed by atoms with Crippen LogP contribution < -0.4 is 10.6 Å². The number of nitrogens with one attached hydrogen (secondary N) is 2. The third-order valence-corrected chi connectivity index (χ3v) is 3.27. The number of carbonyl (C=O) groups is 1. The first-order valence-electron chi connectivity index (χ1n) is 5.71. The van der Waals surface area contributed by atoms with Crippen LogP contribution in [0.5, 0.6) is 0 Å². The van der Waals surface area contributed by atoms with E-state index >= 15 is 0 Å². The zero-order valence-corrected chi connectivity index (χ0v) is 11.1. The van der Waals surface area contributed by atoms with E-state index in [0.29, 0.717) is 11.6 Å². The molecule has 0 saturated heterocycles. The van der Waals surface area contributed by atoms with Gasteiger partial charge in [0.1, 0.15) is 0 Å². The summed E-state index contributed by atoms with van der Waals surface area (Å²) in [4.78, 5) is 11.5. The second kappa shape index (κ2) is 5.76. The number of carbonyl (C=O) groups excluding carboxylic acids is 1. The number of rotatable bonds is 5. The second-order valence-corrected chi connectivity index (χ2v) is 5.17. The van der Waals surface area contributed by atoms with Crippen molar-refractivity contribution >= 4 is 34.8 Å². The fourth-order valence-corrected chi connectivity index (χ4v) is 1.97. The Kier molecular flexibility index (Phi) is 4.30. The lowest BCUT2D eigenvalue weighted by molar-refractivity contribution is -0.119. The molecule has 1 aliphatic rings. The van der Waals surface area contributed by atoms with E-state index in [1.807, 2.05) is 0 Å². The van der Waals surface area contributed by atoms with Crippen molar-refractivity contribution in [1.29, 1.82) is 0 Å². The summed E-state index contributed by atoms with van der Waals surface area (Å²) in [6, 6.07) is 2.80. The molecule has 2 N–H and O–H groups in total. The SMILES string of the molecule is O=C(CNc1cc(Cl)c(F)c(Cl)c1)NCC1CC1. The molecule has 0 heterocycles. The summed E-state index contributed by atoms with van der Waals surface area (Å²) in [5, 5.41) is 5.53. The molecule has 0 atom stereocenters. The van der Waals surface area contributed by atoms with Crippen LogP contribution >= 0.6 is 23.2 Å². The number of amides is 1. The van der Waals surface area contributed by atoms with Gasteiger partial charge in [-0.25, -0.2) is 4.39 Å². The second-order valence-electron chi connectivity index (χ2n) is 4.35. The predicted molar refractivity (Wildman–Crippen MR) is 70.6 cm³/mol. The highest BCUT2D eigenvalue weighted by molar-refractivity contribution is 6.35. The molecule has 2 rings (SSSR count). The van der Waals surface area contributed by atoms with Gasteiger partial charge in [0, 0.05) is 12.2 Å². The largest absolute Gasteiger partial charge is 0.376 e. The molecule has 1 saturated carbocycles. The van der Waals surface area contributed by atoms with Crippen LogP contribution in [0.2, 0.25) is 10.0 Å². The Balaban J connectivity index is 1.83. The van der Waals surface area contributed by atoms with Crippen LogP contribution in [-0.4, -0.2) is 19.0 Å². The summed E-state index contributed by atoms with van der Waals surface area (Å²) in [5.41, 5.74) is 0.521. The molecule has 1 amide bonds. The molecule has 1 aromatic rings. The van der Waals surface area contributed by atoms with Crippen LogP contribution in [0.25, 0.3) is 0 Å². The highest BCUT2D eigenvalue weighted by atomic mass is 35.5. The van der Waals surface area contributed by atoms with E-state index in [-0.39, 0.29) is 22.5 Å². The molecule has 1 aliphatic carbocycles. The zero-order chi connectivity index (χ0) is 13.1. The smallest absolute Gasteiger partial charge is 0.239 e. The quantitative estimate of drug-likeness (QED) is 0.819. The van der Waals surface area contributed by atoms with Gasteiger partial charge in [0.15, 0.2) is 5.82 Å². The fraction of sp³-hybridized carbons (Fsp3) is 0.417. The fourth-order valence-electron chi connectivity index (χ4n) is 1.48. The molecule has 1 fully saturated rings. The van der Waals surface area contributed by atoms with E-state index in [1.54, 1.807) is 0 Å². The topological polar surface area (TPSA) is 41.1 Å². The standard InChI is InChI=1S/C12H13Cl2FN2O/c13-9-3-8(4-10(14)12(9)15)16-6-11(18)17-5-7-1-2-7/h3-4,7,16H,1-2,5-6H2,(H,17,18). The van der Waals surface area contributed by atoms with Gasteiger partial charge in [0.25, 0.3) is 0 Å². The first-order valence-corrected chi connectivity index (χ1v) is 6.47. The molecular weight excluding hydrogens is 278 g/mol. The van der Waals surface area contributed by atoms with Gasteiger partial charge in [-0.15, -0.1) is 0 Å². The molecule has 0 aliphatic heterocycles. The monoisotopic (exact) mass is 290 g/mol. The third-order valence-electron chi connectivity index (χ3n) is 2.72. The van der Waals surface area contributed by atoms with Crippen LogP contribution in [0, 0.1) is 11.7 Å². The van der Waals surface area contributed by atoms with Gasteiger partial charge in [-0.3, -0.25) is 4.79 Å². The van der Waals surface area contributed by atoms with Gasteiger partial charge >= 0.3 is 0 Å². The number of hydrogen-bond acceptors (Lipinski definition) is 2. The van der Waals surface area contributed by atoms with E-state index in [0.717, 1.165) is 6.54 Å². The van der Waals surface area contributed by atoms with Crippen LogP contribution in [0.15, 0.2) is 12.1 Å². The van der Waals surface area contributed by atoms with Crippen molar-refractivity contribution in [2.24, 2.45) is 5.92 Å². The van der Waals surface area contributed by atoms with Crippen molar-refractivity contribution in [2.45, 2.75) is 12.8 Å². The molecule has 0 bridgehead atoms. The van der Waals surface area contributed by atoms with Gasteiger partial charge in [-0.1, -0.05) is 23.2 Å². The lowest BCUT2D eigenvalue weighted by atomic mass is 10.3. The number of halogens is 3. The van der Waals surface area contributed by atoms with Gasteiger partial charge < -0.3 is 10.6 Å². The summed E-state index contributed by atoms with van der Waals surface area (Å²) >= 11 is 11.3. The first kappa shape index (κ1) is 13.4. The average molecular weight is 291 g/mol. The van der Waals surface area contributed by atoms with Crippen LogP contribution in [-0.2, 0) is 4.79 Å². The van der Waals surface area contributed by atoms with Crippen molar-refractivity contribution in [3.05, 3.63) is 28.0 Å². The zero-order valence-electron chi connectivity index (χ0n) is 9.60. The lowest BCUT2D eigenvalue weighted by Crippen LogP contribution is -2.31. The molecule has 98 valence electrons. The van der Waals surface area contributed by atoms with Crippen molar-refractivity contribution in [1.82, 2.24) is 5.32 Å². The molecule has 0 spiro atoms. The normalized spacial score (nSPS) is 14.4. The van der Waals surface area contributed by atoms with Gasteiger partial charge in [-0.2, -0.15) is 0 Å². The molecule has 18 heavy (non-hydrogen) atoms. The predicted octanol–water partition coefficient (Wildman–Crippen LogP) is 3.07. The van der Waals surface area contributed by atoms with E-state index < -0.39 is 5.82 Å². The van der Waals surface area contributed by atoms with Crippen molar-refractivity contribution in [2.75, 3.05) is 18.4 Å². The van der Waals surface area contributed by atoms with Gasteiger partial charge in [0.2, 0.25) is 5.91 Å². The summed E-state index contributed by atoms with van der Waals surface area (Å²) in [6.45, 7) is 0.844. The van der Waals surface area contributed by atoms with E-state index in [2.05, 4.69) is 10.6 Å². The highest BCUT2D eigenvalue weighted by Gasteiger charge is 2.21. The Morgan fingerprint density at radius 1 is 1.33 bits per heavy atom. The molecule has 6 heteroatoms. The highest BCUT2D eigenvalue weighted by Crippen LogP contribution is 2.28. The van der Waals surface area contributed by atoms with Crippen molar-refractivity contribution < 1.29 is 9.18 Å². The third kappa shape index (κ3) is 3.75. The minimum absolute atomic E-state index is 0.0663. The average Bonchev–Trinajstić information content (AvgIpc) is 3.14. The Bertz CT molecular complexity index is 440. The minimum Gasteiger partial charge on any atom is -0.376 e. The molecule has 1 aromatic carbocycles. The molecule has 3 nitrogen and oxygen atoms in total. The molecular formula is C12H13Cl2FN2O. The van der Waals surface area contributed by atoms with Crippen LogP contribution in [0.4, 0.5) is 10.1 Å². The molecule has 0 aromatic heterocycles. The summed E-state index contributed by atoms with van der Waals surface area (Å²) < 4.78 is 13.2. The lowest BCUT2D eigenvalue weighted by Gasteiger charge is -2.08. The summed E-state index contributed by atoms with van der Waals surface area (Å²) in [7, 11) is 0. The van der Waals surface area contributed by atoms with Crippen molar-refractivity contribution in [3.63, 3.8) is 0 Å². The maximum atomic E-state index is 13.2.